The molecule has 0 saturated heterocycles. The zero-order valence-corrected chi connectivity index (χ0v) is 22.0. The fraction of sp³-hybridized carbons (Fsp3) is 0.263. The van der Waals surface area contributed by atoms with Gasteiger partial charge in [0.1, 0.15) is 0 Å². The number of aryl methyl sites for hydroxylation is 1. The maximum Gasteiger partial charge on any atom is 0.00620 e. The molecule has 0 nitrogen and oxygen atoms in total. The summed E-state index contributed by atoms with van der Waals surface area (Å²) < 4.78 is 0. The Hall–Kier alpha value is -3.64. The molecule has 0 amide bonds. The van der Waals surface area contributed by atoms with Gasteiger partial charge in [0, 0.05) is 5.92 Å². The average Bonchev–Trinajstić information content (AvgIpc) is 2.99. The molecule has 0 fully saturated rings. The van der Waals surface area contributed by atoms with Gasteiger partial charge in [-0.05, 0) is 123 Å². The Morgan fingerprint density at radius 3 is 2.79 bits per heavy atom. The summed E-state index contributed by atoms with van der Waals surface area (Å²) in [6.45, 7) is 0. The standard InChI is InChI=1S/C38H34/c1-2-7-28-21-29(13-9-25(28)5-1)30-14-15-32-23-33(17-16-31(32)22-30)34-19-20-37-35(24-34)18-12-27-11-10-26-6-3-4-8-36(26)38(27)37/h1,3-6,8-10,13-17,21-22,24,27,32H,2,7,11-12,18-20,23H2. The molecule has 186 valence electrons. The van der Waals surface area contributed by atoms with Crippen molar-refractivity contribution < 1.29 is 0 Å². The molecule has 6 aliphatic carbocycles. The van der Waals surface area contributed by atoms with Gasteiger partial charge >= 0.3 is 0 Å². The Morgan fingerprint density at radius 1 is 0.816 bits per heavy atom. The summed E-state index contributed by atoms with van der Waals surface area (Å²) in [5.41, 5.74) is 15.1. The van der Waals surface area contributed by atoms with E-state index in [1.54, 1.807) is 27.9 Å². The van der Waals surface area contributed by atoms with E-state index in [0.29, 0.717) is 5.92 Å². The molecule has 2 aromatic carbocycles. The summed E-state index contributed by atoms with van der Waals surface area (Å²) in [5.74, 6) is 1.22. The highest BCUT2D eigenvalue weighted by Gasteiger charge is 2.30. The van der Waals surface area contributed by atoms with Crippen molar-refractivity contribution in [3.63, 3.8) is 0 Å². The molecule has 0 N–H and O–H groups in total. The van der Waals surface area contributed by atoms with Crippen LogP contribution in [0, 0.1) is 11.8 Å². The van der Waals surface area contributed by atoms with Gasteiger partial charge in [0.25, 0.3) is 0 Å². The minimum absolute atomic E-state index is 0.501. The van der Waals surface area contributed by atoms with E-state index >= 15 is 0 Å². The van der Waals surface area contributed by atoms with Crippen LogP contribution in [0.25, 0.3) is 23.3 Å². The van der Waals surface area contributed by atoms with Crippen molar-refractivity contribution >= 4 is 23.3 Å². The molecule has 2 atom stereocenters. The molecule has 0 radical (unpaired) electrons. The van der Waals surface area contributed by atoms with Crippen LogP contribution < -0.4 is 10.4 Å². The summed E-state index contributed by atoms with van der Waals surface area (Å²) in [6, 6.07) is 16.1. The van der Waals surface area contributed by atoms with Crippen LogP contribution in [0.5, 0.6) is 0 Å². The summed E-state index contributed by atoms with van der Waals surface area (Å²) in [4.78, 5) is 0. The summed E-state index contributed by atoms with van der Waals surface area (Å²) in [6.07, 6.45) is 31.3. The van der Waals surface area contributed by atoms with Crippen LogP contribution in [0.1, 0.15) is 61.6 Å². The highest BCUT2D eigenvalue weighted by molar-refractivity contribution is 5.80. The zero-order chi connectivity index (χ0) is 25.1. The number of allylic oxidation sites excluding steroid dienone is 13. The van der Waals surface area contributed by atoms with E-state index in [0.717, 1.165) is 25.2 Å². The number of benzene rings is 2. The highest BCUT2D eigenvalue weighted by atomic mass is 14.3. The lowest BCUT2D eigenvalue weighted by molar-refractivity contribution is 0.589. The van der Waals surface area contributed by atoms with Gasteiger partial charge in [0.15, 0.2) is 0 Å². The first-order valence-electron chi connectivity index (χ1n) is 14.6. The molecule has 0 aromatic heterocycles. The second-order valence-electron chi connectivity index (χ2n) is 11.8. The van der Waals surface area contributed by atoms with E-state index in [4.69, 9.17) is 0 Å². The first-order chi connectivity index (χ1) is 18.8. The Bertz CT molecular complexity index is 1700. The van der Waals surface area contributed by atoms with E-state index < -0.39 is 0 Å². The third kappa shape index (κ3) is 3.73. The molecule has 2 unspecified atom stereocenters. The van der Waals surface area contributed by atoms with Crippen LogP contribution in [0.2, 0.25) is 0 Å². The summed E-state index contributed by atoms with van der Waals surface area (Å²) in [5, 5.41) is 2.95. The summed E-state index contributed by atoms with van der Waals surface area (Å²) >= 11 is 0. The van der Waals surface area contributed by atoms with Crippen molar-refractivity contribution in [2.75, 3.05) is 0 Å². The molecular weight excluding hydrogens is 456 g/mol. The molecule has 0 bridgehead atoms. The maximum atomic E-state index is 2.59. The number of hydrogen-bond acceptors (Lipinski definition) is 0. The van der Waals surface area contributed by atoms with Crippen molar-refractivity contribution in [2.45, 2.75) is 51.4 Å². The number of fused-ring (bicyclic) bond motifs is 5. The van der Waals surface area contributed by atoms with Gasteiger partial charge in [0.2, 0.25) is 0 Å². The fourth-order valence-corrected chi connectivity index (χ4v) is 7.66. The molecule has 8 rings (SSSR count). The van der Waals surface area contributed by atoms with E-state index in [-0.39, 0.29) is 0 Å². The maximum absolute atomic E-state index is 2.59. The largest absolute Gasteiger partial charge is 0.0836 e. The van der Waals surface area contributed by atoms with E-state index in [2.05, 4.69) is 97.1 Å². The van der Waals surface area contributed by atoms with Crippen molar-refractivity contribution in [3.8, 4) is 0 Å². The second kappa shape index (κ2) is 8.98. The third-order valence-electron chi connectivity index (χ3n) is 9.69. The van der Waals surface area contributed by atoms with Gasteiger partial charge in [-0.1, -0.05) is 97.1 Å². The lowest BCUT2D eigenvalue weighted by Gasteiger charge is -2.35. The lowest BCUT2D eigenvalue weighted by Crippen LogP contribution is -2.35. The molecule has 0 saturated carbocycles. The van der Waals surface area contributed by atoms with Crippen molar-refractivity contribution in [3.05, 3.63) is 140 Å². The predicted octanol–water partition coefficient (Wildman–Crippen LogP) is 7.93. The normalized spacial score (nSPS) is 25.0. The van der Waals surface area contributed by atoms with E-state index in [1.165, 1.54) is 70.4 Å². The van der Waals surface area contributed by atoms with E-state index in [9.17, 15) is 0 Å². The first kappa shape index (κ1) is 22.4. The Balaban J connectivity index is 1.11. The minimum Gasteiger partial charge on any atom is -0.0836 e. The molecule has 0 aliphatic heterocycles. The van der Waals surface area contributed by atoms with Crippen LogP contribution in [-0.2, 0) is 6.42 Å². The first-order valence-corrected chi connectivity index (χ1v) is 14.6. The number of hydrogen-bond donors (Lipinski definition) is 0. The Labute approximate surface area is 226 Å². The molecule has 0 spiro atoms. The molecule has 0 heteroatoms. The van der Waals surface area contributed by atoms with Crippen LogP contribution in [-0.4, -0.2) is 0 Å². The SMILES string of the molecule is C1=Cc2ccc(C3=CC4=CC=C(C5=CC6=C(CC5)C5=c7ccccc7=CCC5CC6)CC4C=C3)cc2CC1. The smallest absolute Gasteiger partial charge is 0.00620 e. The predicted molar refractivity (Wildman–Crippen MR) is 160 cm³/mol. The van der Waals surface area contributed by atoms with E-state index in [1.807, 2.05) is 0 Å². The van der Waals surface area contributed by atoms with Gasteiger partial charge in [-0.25, -0.2) is 0 Å². The molecule has 2 aromatic rings. The lowest BCUT2D eigenvalue weighted by atomic mass is 9.70. The van der Waals surface area contributed by atoms with Gasteiger partial charge < -0.3 is 0 Å². The molecule has 0 heterocycles. The zero-order valence-electron chi connectivity index (χ0n) is 22.0. The third-order valence-corrected chi connectivity index (χ3v) is 9.69. The monoisotopic (exact) mass is 490 g/mol. The average molecular weight is 491 g/mol. The van der Waals surface area contributed by atoms with Gasteiger partial charge in [-0.15, -0.1) is 0 Å². The van der Waals surface area contributed by atoms with Gasteiger partial charge in [-0.3, -0.25) is 0 Å². The number of rotatable bonds is 2. The van der Waals surface area contributed by atoms with Crippen LogP contribution in [0.4, 0.5) is 0 Å². The topological polar surface area (TPSA) is 0 Å². The molecule has 6 aliphatic rings. The van der Waals surface area contributed by atoms with Gasteiger partial charge in [-0.2, -0.15) is 0 Å². The molecular formula is C38H34. The second-order valence-corrected chi connectivity index (χ2v) is 11.8. The molecule has 38 heavy (non-hydrogen) atoms. The van der Waals surface area contributed by atoms with Crippen LogP contribution in [0.15, 0.2) is 113 Å². The van der Waals surface area contributed by atoms with Crippen LogP contribution in [0.3, 0.4) is 0 Å². The Kier molecular flexibility index (Phi) is 5.28. The van der Waals surface area contributed by atoms with Crippen molar-refractivity contribution in [1.29, 1.82) is 0 Å². The fourth-order valence-electron chi connectivity index (χ4n) is 7.66. The van der Waals surface area contributed by atoms with Crippen LogP contribution >= 0.6 is 0 Å². The summed E-state index contributed by atoms with van der Waals surface area (Å²) in [7, 11) is 0. The highest BCUT2D eigenvalue weighted by Crippen LogP contribution is 2.46. The van der Waals surface area contributed by atoms with Crippen molar-refractivity contribution in [1.82, 2.24) is 0 Å². The Morgan fingerprint density at radius 2 is 1.79 bits per heavy atom. The minimum atomic E-state index is 0.501. The van der Waals surface area contributed by atoms with Gasteiger partial charge in [0.05, 0.1) is 0 Å². The quantitative estimate of drug-likeness (QED) is 0.401. The van der Waals surface area contributed by atoms with Crippen molar-refractivity contribution in [2.24, 2.45) is 11.8 Å².